The number of benzene rings is 2. The van der Waals surface area contributed by atoms with E-state index in [-0.39, 0.29) is 0 Å². The first kappa shape index (κ1) is 14.9. The van der Waals surface area contributed by atoms with Crippen LogP contribution in [0.1, 0.15) is 28.3 Å². The van der Waals surface area contributed by atoms with E-state index in [0.29, 0.717) is 6.04 Å². The molecular formula is C21H27N2+. The summed E-state index contributed by atoms with van der Waals surface area (Å²) in [7, 11) is 4.71. The van der Waals surface area contributed by atoms with Crippen LogP contribution in [0, 0.1) is 0 Å². The third-order valence-corrected chi connectivity index (χ3v) is 5.75. The highest BCUT2D eigenvalue weighted by Gasteiger charge is 2.32. The molecule has 2 heteroatoms. The summed E-state index contributed by atoms with van der Waals surface area (Å²) in [4.78, 5) is 2.73. The first-order valence-corrected chi connectivity index (χ1v) is 8.83. The van der Waals surface area contributed by atoms with Crippen LogP contribution in [0.5, 0.6) is 0 Å². The van der Waals surface area contributed by atoms with Gasteiger partial charge in [-0.25, -0.2) is 0 Å². The van der Waals surface area contributed by atoms with Gasteiger partial charge in [-0.1, -0.05) is 48.5 Å². The molecule has 120 valence electrons. The molecular weight excluding hydrogens is 280 g/mol. The van der Waals surface area contributed by atoms with Gasteiger partial charge < -0.3 is 4.48 Å². The molecule has 0 bridgehead atoms. The van der Waals surface area contributed by atoms with Gasteiger partial charge in [-0.2, -0.15) is 0 Å². The van der Waals surface area contributed by atoms with E-state index in [1.807, 2.05) is 0 Å². The van der Waals surface area contributed by atoms with Gasteiger partial charge in [0.25, 0.3) is 0 Å². The van der Waals surface area contributed by atoms with Crippen LogP contribution in [0.3, 0.4) is 0 Å². The van der Waals surface area contributed by atoms with Gasteiger partial charge in [-0.05, 0) is 35.1 Å². The largest absolute Gasteiger partial charge is 0.326 e. The first-order chi connectivity index (χ1) is 11.1. The summed E-state index contributed by atoms with van der Waals surface area (Å²) in [5.41, 5.74) is 6.11. The van der Waals surface area contributed by atoms with Gasteiger partial charge in [0.1, 0.15) is 0 Å². The molecule has 2 aromatic rings. The maximum Gasteiger partial charge on any atom is 0.0912 e. The predicted molar refractivity (Wildman–Crippen MR) is 95.6 cm³/mol. The molecule has 1 heterocycles. The van der Waals surface area contributed by atoms with Gasteiger partial charge in [0, 0.05) is 19.1 Å². The summed E-state index contributed by atoms with van der Waals surface area (Å²) in [6.07, 6.45) is 2.23. The SMILES string of the molecule is C[N+]1(C)CCN(C2Cc3ccccc3Cc3ccccc32)CC1. The van der Waals surface area contributed by atoms with Crippen molar-refractivity contribution in [3.8, 4) is 0 Å². The minimum atomic E-state index is 0.537. The zero-order valence-electron chi connectivity index (χ0n) is 14.3. The Kier molecular flexibility index (Phi) is 3.74. The van der Waals surface area contributed by atoms with E-state index in [2.05, 4.69) is 67.5 Å². The molecule has 0 N–H and O–H groups in total. The third-order valence-electron chi connectivity index (χ3n) is 5.75. The third kappa shape index (κ3) is 2.93. The average Bonchev–Trinajstić information content (AvgIpc) is 2.71. The summed E-state index contributed by atoms with van der Waals surface area (Å²) in [5, 5.41) is 0. The number of fused-ring (bicyclic) bond motifs is 2. The number of hydrogen-bond acceptors (Lipinski definition) is 1. The summed E-state index contributed by atoms with van der Waals surface area (Å²) in [6.45, 7) is 4.91. The van der Waals surface area contributed by atoms with Crippen molar-refractivity contribution in [3.63, 3.8) is 0 Å². The van der Waals surface area contributed by atoms with Crippen molar-refractivity contribution >= 4 is 0 Å². The summed E-state index contributed by atoms with van der Waals surface area (Å²) < 4.78 is 1.15. The fraction of sp³-hybridized carbons (Fsp3) is 0.429. The van der Waals surface area contributed by atoms with Crippen molar-refractivity contribution in [1.82, 2.24) is 4.90 Å². The van der Waals surface area contributed by atoms with E-state index in [1.54, 1.807) is 5.56 Å². The summed E-state index contributed by atoms with van der Waals surface area (Å²) >= 11 is 0. The zero-order valence-corrected chi connectivity index (χ0v) is 14.3. The summed E-state index contributed by atoms with van der Waals surface area (Å²) in [5.74, 6) is 0. The van der Waals surface area contributed by atoms with Gasteiger partial charge in [-0.3, -0.25) is 4.90 Å². The second-order valence-electron chi connectivity index (χ2n) is 7.78. The van der Waals surface area contributed by atoms with Crippen LogP contribution < -0.4 is 0 Å². The maximum absolute atomic E-state index is 2.73. The monoisotopic (exact) mass is 307 g/mol. The Balaban J connectivity index is 1.71. The quantitative estimate of drug-likeness (QED) is 0.731. The van der Waals surface area contributed by atoms with Crippen molar-refractivity contribution in [1.29, 1.82) is 0 Å². The molecule has 4 rings (SSSR count). The van der Waals surface area contributed by atoms with Crippen LogP contribution in [-0.2, 0) is 12.8 Å². The lowest BCUT2D eigenvalue weighted by Gasteiger charge is -2.42. The number of hydrogen-bond donors (Lipinski definition) is 0. The first-order valence-electron chi connectivity index (χ1n) is 8.83. The molecule has 1 saturated heterocycles. The predicted octanol–water partition coefficient (Wildman–Crippen LogP) is 3.27. The van der Waals surface area contributed by atoms with Crippen LogP contribution in [0.2, 0.25) is 0 Å². The smallest absolute Gasteiger partial charge is 0.0912 e. The van der Waals surface area contributed by atoms with Gasteiger partial charge in [0.15, 0.2) is 0 Å². The van der Waals surface area contributed by atoms with Crippen LogP contribution in [0.25, 0.3) is 0 Å². The molecule has 2 nitrogen and oxygen atoms in total. The Morgan fingerprint density at radius 3 is 2.17 bits per heavy atom. The van der Waals surface area contributed by atoms with Crippen molar-refractivity contribution in [2.75, 3.05) is 40.3 Å². The van der Waals surface area contributed by atoms with Gasteiger partial charge >= 0.3 is 0 Å². The normalized spacial score (nSPS) is 23.7. The lowest BCUT2D eigenvalue weighted by molar-refractivity contribution is -0.894. The molecule has 1 fully saturated rings. The molecule has 0 radical (unpaired) electrons. The molecule has 0 saturated carbocycles. The highest BCUT2D eigenvalue weighted by molar-refractivity contribution is 5.42. The Morgan fingerprint density at radius 2 is 1.43 bits per heavy atom. The van der Waals surface area contributed by atoms with E-state index >= 15 is 0 Å². The number of piperazine rings is 1. The van der Waals surface area contributed by atoms with E-state index < -0.39 is 0 Å². The molecule has 23 heavy (non-hydrogen) atoms. The van der Waals surface area contributed by atoms with E-state index in [4.69, 9.17) is 0 Å². The van der Waals surface area contributed by atoms with Crippen molar-refractivity contribution in [2.45, 2.75) is 18.9 Å². The molecule has 1 aliphatic heterocycles. The Labute approximate surface area is 139 Å². The van der Waals surface area contributed by atoms with E-state index in [0.717, 1.165) is 17.3 Å². The Bertz CT molecular complexity index is 694. The molecule has 1 aliphatic carbocycles. The van der Waals surface area contributed by atoms with Crippen LogP contribution in [-0.4, -0.2) is 49.7 Å². The van der Waals surface area contributed by atoms with E-state index in [1.165, 1.54) is 42.9 Å². The van der Waals surface area contributed by atoms with Crippen LogP contribution in [0.15, 0.2) is 48.5 Å². The maximum atomic E-state index is 2.73. The van der Waals surface area contributed by atoms with E-state index in [9.17, 15) is 0 Å². The Hall–Kier alpha value is -1.64. The second kappa shape index (κ2) is 5.77. The van der Waals surface area contributed by atoms with Crippen LogP contribution >= 0.6 is 0 Å². The molecule has 0 amide bonds. The molecule has 0 aromatic heterocycles. The number of quaternary nitrogens is 1. The number of likely N-dealkylation sites (N-methyl/N-ethyl adjacent to an activating group) is 1. The van der Waals surface area contributed by atoms with Crippen molar-refractivity contribution in [3.05, 3.63) is 70.8 Å². The molecule has 0 spiro atoms. The topological polar surface area (TPSA) is 3.24 Å². The lowest BCUT2D eigenvalue weighted by Crippen LogP contribution is -2.55. The van der Waals surface area contributed by atoms with Crippen LogP contribution in [0.4, 0.5) is 0 Å². The molecule has 2 aliphatic rings. The fourth-order valence-corrected chi connectivity index (χ4v) is 4.13. The summed E-state index contributed by atoms with van der Waals surface area (Å²) in [6, 6.07) is 18.7. The highest BCUT2D eigenvalue weighted by atomic mass is 15.4. The zero-order chi connectivity index (χ0) is 15.9. The second-order valence-corrected chi connectivity index (χ2v) is 7.78. The molecule has 2 aromatic carbocycles. The minimum absolute atomic E-state index is 0.537. The number of nitrogens with zero attached hydrogens (tertiary/aromatic N) is 2. The molecule has 1 atom stereocenters. The standard InChI is InChI=1S/C21H27N2/c1-23(2)13-11-22(12-14-23)21-16-18-8-4-3-7-17(18)15-19-9-5-6-10-20(19)21/h3-10,21H,11-16H2,1-2H3/q+1. The highest BCUT2D eigenvalue weighted by Crippen LogP contribution is 2.34. The Morgan fingerprint density at radius 1 is 0.826 bits per heavy atom. The molecule has 1 unspecified atom stereocenters. The van der Waals surface area contributed by atoms with Gasteiger partial charge in [0.2, 0.25) is 0 Å². The average molecular weight is 307 g/mol. The van der Waals surface area contributed by atoms with Gasteiger partial charge in [-0.15, -0.1) is 0 Å². The van der Waals surface area contributed by atoms with Gasteiger partial charge in [0.05, 0.1) is 27.2 Å². The van der Waals surface area contributed by atoms with Crippen molar-refractivity contribution in [2.24, 2.45) is 0 Å². The van der Waals surface area contributed by atoms with Crippen molar-refractivity contribution < 1.29 is 4.48 Å². The number of rotatable bonds is 1. The fourth-order valence-electron chi connectivity index (χ4n) is 4.13. The minimum Gasteiger partial charge on any atom is -0.326 e. The lowest BCUT2D eigenvalue weighted by atomic mass is 9.96.